The van der Waals surface area contributed by atoms with Crippen LogP contribution in [0.2, 0.25) is 0 Å². The van der Waals surface area contributed by atoms with E-state index in [0.29, 0.717) is 0 Å². The molecule has 9 nitrogen and oxygen atoms in total. The largest absolute Gasteiger partial charge is 0.495 e. The molecule has 0 saturated heterocycles. The lowest BCUT2D eigenvalue weighted by atomic mass is 10.3. The number of benzene rings is 1. The van der Waals surface area contributed by atoms with Gasteiger partial charge in [-0.1, -0.05) is 0 Å². The Morgan fingerprint density at radius 3 is 2.46 bits per heavy atom. The van der Waals surface area contributed by atoms with Crippen molar-refractivity contribution in [3.8, 4) is 11.8 Å². The zero-order chi connectivity index (χ0) is 18.2. The molecule has 0 radical (unpaired) electrons. The Labute approximate surface area is 140 Å². The third-order valence-electron chi connectivity index (χ3n) is 3.02. The fraction of sp³-hybridized carbons (Fsp3) is 0.429. The average Bonchev–Trinajstić information content (AvgIpc) is 2.54. The average molecular weight is 357 g/mol. The summed E-state index contributed by atoms with van der Waals surface area (Å²) < 4.78 is 31.1. The van der Waals surface area contributed by atoms with Gasteiger partial charge in [0, 0.05) is 13.1 Å². The van der Waals surface area contributed by atoms with Gasteiger partial charge in [0.2, 0.25) is 15.9 Å². The van der Waals surface area contributed by atoms with Gasteiger partial charge in [-0.3, -0.25) is 4.79 Å². The Balaban J connectivity index is 3.24. The van der Waals surface area contributed by atoms with Gasteiger partial charge in [-0.25, -0.2) is 8.42 Å². The zero-order valence-electron chi connectivity index (χ0n) is 13.1. The minimum Gasteiger partial charge on any atom is -0.495 e. The Bertz CT molecular complexity index is 708. The molecule has 0 fully saturated rings. The summed E-state index contributed by atoms with van der Waals surface area (Å²) in [7, 11) is -2.63. The van der Waals surface area contributed by atoms with E-state index in [2.05, 4.69) is 5.32 Å². The van der Waals surface area contributed by atoms with Gasteiger partial charge in [0.15, 0.2) is 0 Å². The number of ether oxygens (including phenoxy) is 1. The van der Waals surface area contributed by atoms with E-state index in [9.17, 15) is 13.2 Å². The fourth-order valence-corrected chi connectivity index (χ4v) is 3.38. The minimum absolute atomic E-state index is 0.103. The number of aliphatic hydroxyl groups is 2. The highest BCUT2D eigenvalue weighted by atomic mass is 32.2. The van der Waals surface area contributed by atoms with Crippen LogP contribution in [0.25, 0.3) is 0 Å². The van der Waals surface area contributed by atoms with Crippen LogP contribution in [0.15, 0.2) is 23.1 Å². The van der Waals surface area contributed by atoms with Crippen LogP contribution in [-0.4, -0.2) is 62.3 Å². The second-order valence-corrected chi connectivity index (χ2v) is 6.53. The van der Waals surface area contributed by atoms with Crippen molar-refractivity contribution in [3.05, 3.63) is 18.2 Å². The van der Waals surface area contributed by atoms with E-state index in [4.69, 9.17) is 20.2 Å². The van der Waals surface area contributed by atoms with Crippen LogP contribution in [0, 0.1) is 11.3 Å². The van der Waals surface area contributed by atoms with Gasteiger partial charge < -0.3 is 20.3 Å². The summed E-state index contributed by atoms with van der Waals surface area (Å²) in [5.41, 5.74) is 0.103. The zero-order valence-corrected chi connectivity index (χ0v) is 13.9. The number of carbonyl (C=O) groups is 1. The maximum absolute atomic E-state index is 12.6. The summed E-state index contributed by atoms with van der Waals surface area (Å²) in [6.45, 7) is -1.15. The molecule has 1 aromatic carbocycles. The van der Waals surface area contributed by atoms with E-state index >= 15 is 0 Å². The summed E-state index contributed by atoms with van der Waals surface area (Å²) in [5.74, 6) is -0.371. The molecular formula is C14H19N3O6S. The number of nitrogens with one attached hydrogen (secondary N) is 1. The highest BCUT2D eigenvalue weighted by Gasteiger charge is 2.25. The number of hydrogen-bond donors (Lipinski definition) is 3. The molecule has 1 rings (SSSR count). The van der Waals surface area contributed by atoms with Crippen molar-refractivity contribution >= 4 is 21.6 Å². The summed E-state index contributed by atoms with van der Waals surface area (Å²) in [5, 5.41) is 28.9. The lowest BCUT2D eigenvalue weighted by molar-refractivity contribution is -0.115. The first kappa shape index (κ1) is 19.9. The molecule has 0 aliphatic rings. The summed E-state index contributed by atoms with van der Waals surface area (Å²) >= 11 is 0. The van der Waals surface area contributed by atoms with E-state index in [1.807, 2.05) is 0 Å². The maximum atomic E-state index is 12.6. The molecule has 3 N–H and O–H groups in total. The molecule has 0 aliphatic carbocycles. The first-order valence-corrected chi connectivity index (χ1v) is 8.41. The normalized spacial score (nSPS) is 11.1. The molecule has 24 heavy (non-hydrogen) atoms. The summed E-state index contributed by atoms with van der Waals surface area (Å²) in [4.78, 5) is 11.4. The number of carbonyl (C=O) groups excluding carboxylic acids is 1. The van der Waals surface area contributed by atoms with E-state index in [-0.39, 0.29) is 35.8 Å². The van der Waals surface area contributed by atoms with Crippen LogP contribution in [0.5, 0.6) is 5.75 Å². The SMILES string of the molecule is COc1ccc(S(=O)(=O)N(CCO)CCO)cc1NC(=O)CC#N. The van der Waals surface area contributed by atoms with Gasteiger partial charge in [0.1, 0.15) is 12.2 Å². The molecule has 0 unspecified atom stereocenters. The van der Waals surface area contributed by atoms with Gasteiger partial charge in [-0.15, -0.1) is 0 Å². The molecule has 0 atom stereocenters. The third-order valence-corrected chi connectivity index (χ3v) is 4.92. The number of sulfonamides is 1. The van der Waals surface area contributed by atoms with Gasteiger partial charge >= 0.3 is 0 Å². The molecule has 1 aromatic rings. The Hall–Kier alpha value is -2.19. The highest BCUT2D eigenvalue weighted by Crippen LogP contribution is 2.29. The van der Waals surface area contributed by atoms with Gasteiger partial charge in [-0.2, -0.15) is 9.57 Å². The quantitative estimate of drug-likeness (QED) is 0.542. The Morgan fingerprint density at radius 1 is 1.33 bits per heavy atom. The number of methoxy groups -OCH3 is 1. The van der Waals surface area contributed by atoms with Crippen molar-refractivity contribution in [2.24, 2.45) is 0 Å². The number of rotatable bonds is 9. The first-order chi connectivity index (χ1) is 11.4. The molecule has 10 heteroatoms. The molecule has 0 bridgehead atoms. The van der Waals surface area contributed by atoms with Gasteiger partial charge in [-0.05, 0) is 18.2 Å². The van der Waals surface area contributed by atoms with E-state index in [1.54, 1.807) is 6.07 Å². The number of anilines is 1. The molecule has 0 spiro atoms. The predicted octanol–water partition coefficient (Wildman–Crippen LogP) is -0.477. The second kappa shape index (κ2) is 9.19. The Kier molecular flexibility index (Phi) is 7.60. The number of nitrogens with zero attached hydrogens (tertiary/aromatic N) is 2. The molecule has 132 valence electrons. The number of nitriles is 1. The number of hydrogen-bond acceptors (Lipinski definition) is 7. The van der Waals surface area contributed by atoms with Crippen LogP contribution in [0.3, 0.4) is 0 Å². The van der Waals surface area contributed by atoms with Gasteiger partial charge in [0.25, 0.3) is 0 Å². The van der Waals surface area contributed by atoms with Crippen molar-refractivity contribution in [2.45, 2.75) is 11.3 Å². The van der Waals surface area contributed by atoms with Crippen LogP contribution < -0.4 is 10.1 Å². The first-order valence-electron chi connectivity index (χ1n) is 6.97. The molecule has 0 aliphatic heterocycles. The van der Waals surface area contributed by atoms with E-state index in [0.717, 1.165) is 4.31 Å². The van der Waals surface area contributed by atoms with Crippen molar-refractivity contribution < 1.29 is 28.2 Å². The van der Waals surface area contributed by atoms with Crippen molar-refractivity contribution in [3.63, 3.8) is 0 Å². The van der Waals surface area contributed by atoms with Crippen LogP contribution >= 0.6 is 0 Å². The topological polar surface area (TPSA) is 140 Å². The van der Waals surface area contributed by atoms with Crippen LogP contribution in [0.4, 0.5) is 5.69 Å². The minimum atomic E-state index is -3.98. The number of amides is 1. The standard InChI is InChI=1S/C14H19N3O6S/c1-23-13-3-2-11(10-12(13)16-14(20)4-5-15)24(21,22)17(6-8-18)7-9-19/h2-3,10,18-19H,4,6-9H2,1H3,(H,16,20). The predicted molar refractivity (Wildman–Crippen MR) is 84.8 cm³/mol. The fourth-order valence-electron chi connectivity index (χ4n) is 1.94. The third kappa shape index (κ3) is 4.90. The second-order valence-electron chi connectivity index (χ2n) is 4.60. The molecular weight excluding hydrogens is 338 g/mol. The lowest BCUT2D eigenvalue weighted by Gasteiger charge is -2.21. The smallest absolute Gasteiger partial charge is 0.243 e. The van der Waals surface area contributed by atoms with Crippen molar-refractivity contribution in [1.29, 1.82) is 5.26 Å². The molecule has 0 heterocycles. The molecule has 0 saturated carbocycles. The van der Waals surface area contributed by atoms with Crippen molar-refractivity contribution in [2.75, 3.05) is 38.7 Å². The highest BCUT2D eigenvalue weighted by molar-refractivity contribution is 7.89. The molecule has 0 aromatic heterocycles. The van der Waals surface area contributed by atoms with Crippen LogP contribution in [0.1, 0.15) is 6.42 Å². The van der Waals surface area contributed by atoms with E-state index < -0.39 is 29.1 Å². The van der Waals surface area contributed by atoms with Crippen molar-refractivity contribution in [1.82, 2.24) is 4.31 Å². The van der Waals surface area contributed by atoms with Gasteiger partial charge in [0.05, 0.1) is 37.0 Å². The lowest BCUT2D eigenvalue weighted by Crippen LogP contribution is -2.35. The summed E-state index contributed by atoms with van der Waals surface area (Å²) in [6.07, 6.45) is -0.388. The number of aliphatic hydroxyl groups excluding tert-OH is 2. The monoisotopic (exact) mass is 357 g/mol. The molecule has 1 amide bonds. The Morgan fingerprint density at radius 2 is 1.96 bits per heavy atom. The van der Waals surface area contributed by atoms with E-state index in [1.165, 1.54) is 25.3 Å². The maximum Gasteiger partial charge on any atom is 0.243 e. The van der Waals surface area contributed by atoms with Crippen LogP contribution in [-0.2, 0) is 14.8 Å². The summed E-state index contributed by atoms with van der Waals surface area (Å²) in [6, 6.07) is 5.54.